The third-order valence-corrected chi connectivity index (χ3v) is 2.60. The number of benzene rings is 1. The van der Waals surface area contributed by atoms with Gasteiger partial charge in [0.15, 0.2) is 11.7 Å². The highest BCUT2D eigenvalue weighted by molar-refractivity contribution is 7.80. The van der Waals surface area contributed by atoms with Crippen LogP contribution in [-0.2, 0) is 4.74 Å². The predicted octanol–water partition coefficient (Wildman–Crippen LogP) is 2.47. The second-order valence-corrected chi connectivity index (χ2v) is 4.66. The summed E-state index contributed by atoms with van der Waals surface area (Å²) in [4.78, 5) is 10.1. The smallest absolute Gasteiger partial charge is 0.422 e. The van der Waals surface area contributed by atoms with Crippen molar-refractivity contribution in [2.75, 3.05) is 32.2 Å². The van der Waals surface area contributed by atoms with Crippen LogP contribution < -0.4 is 15.4 Å². The van der Waals surface area contributed by atoms with E-state index in [9.17, 15) is 23.3 Å². The van der Waals surface area contributed by atoms with Crippen molar-refractivity contribution in [3.63, 3.8) is 0 Å². The predicted molar refractivity (Wildman–Crippen MR) is 80.7 cm³/mol. The molecule has 2 N–H and O–H groups in total. The van der Waals surface area contributed by atoms with E-state index >= 15 is 0 Å². The van der Waals surface area contributed by atoms with Gasteiger partial charge in [0.25, 0.3) is 5.69 Å². The Kier molecular flexibility index (Phi) is 6.97. The quantitative estimate of drug-likeness (QED) is 0.337. The number of ether oxygens (including phenoxy) is 2. The fourth-order valence-electron chi connectivity index (χ4n) is 1.45. The van der Waals surface area contributed by atoms with E-state index in [-0.39, 0.29) is 16.5 Å². The Morgan fingerprint density at radius 3 is 2.65 bits per heavy atom. The average molecular weight is 353 g/mol. The molecule has 0 aromatic heterocycles. The van der Waals surface area contributed by atoms with E-state index in [1.165, 1.54) is 13.2 Å². The molecule has 0 amide bonds. The average Bonchev–Trinajstić information content (AvgIpc) is 2.44. The standard InChI is InChI=1S/C12H14F3N3O4S/c1-21-3-2-16-11(23)17-8-4-9(18(19)20)6-10(5-8)22-7-12(13,14)15/h4-6H,2-3,7H2,1H3,(H2,16,17,23). The third-order valence-electron chi connectivity index (χ3n) is 2.35. The maximum absolute atomic E-state index is 12.2. The maximum atomic E-state index is 12.2. The van der Waals surface area contributed by atoms with Crippen LogP contribution >= 0.6 is 12.2 Å². The normalized spacial score (nSPS) is 11.0. The molecule has 1 aromatic rings. The highest BCUT2D eigenvalue weighted by Gasteiger charge is 2.28. The number of nitro groups is 1. The van der Waals surface area contributed by atoms with Crippen LogP contribution in [-0.4, -0.2) is 43.1 Å². The Labute approximate surface area is 134 Å². The summed E-state index contributed by atoms with van der Waals surface area (Å²) in [5.41, 5.74) is -0.293. The largest absolute Gasteiger partial charge is 0.484 e. The summed E-state index contributed by atoms with van der Waals surface area (Å²) < 4.78 is 45.8. The van der Waals surface area contributed by atoms with Gasteiger partial charge in [-0.15, -0.1) is 0 Å². The fraction of sp³-hybridized carbons (Fsp3) is 0.417. The van der Waals surface area contributed by atoms with Gasteiger partial charge >= 0.3 is 6.18 Å². The lowest BCUT2D eigenvalue weighted by molar-refractivity contribution is -0.384. The summed E-state index contributed by atoms with van der Waals surface area (Å²) in [5, 5.41) is 16.4. The van der Waals surface area contributed by atoms with Gasteiger partial charge in [-0.25, -0.2) is 0 Å². The van der Waals surface area contributed by atoms with Crippen molar-refractivity contribution in [1.82, 2.24) is 5.32 Å². The zero-order valence-corrected chi connectivity index (χ0v) is 12.8. The van der Waals surface area contributed by atoms with Crippen molar-refractivity contribution in [3.05, 3.63) is 28.3 Å². The van der Waals surface area contributed by atoms with Crippen LogP contribution in [0.3, 0.4) is 0 Å². The summed E-state index contributed by atoms with van der Waals surface area (Å²) in [5.74, 6) is -0.293. The topological polar surface area (TPSA) is 85.7 Å². The molecule has 128 valence electrons. The summed E-state index contributed by atoms with van der Waals surface area (Å²) in [7, 11) is 1.50. The minimum Gasteiger partial charge on any atom is -0.484 e. The summed E-state index contributed by atoms with van der Waals surface area (Å²) in [6.07, 6.45) is -4.55. The van der Waals surface area contributed by atoms with Crippen molar-refractivity contribution < 1.29 is 27.6 Å². The van der Waals surface area contributed by atoms with Crippen molar-refractivity contribution in [2.24, 2.45) is 0 Å². The second kappa shape index (κ2) is 8.48. The Hall–Kier alpha value is -2.14. The highest BCUT2D eigenvalue weighted by Crippen LogP contribution is 2.27. The molecule has 0 aliphatic carbocycles. The number of methoxy groups -OCH3 is 1. The van der Waals surface area contributed by atoms with Crippen molar-refractivity contribution in [1.29, 1.82) is 0 Å². The first-order valence-electron chi connectivity index (χ1n) is 6.24. The van der Waals surface area contributed by atoms with Crippen molar-refractivity contribution in [2.45, 2.75) is 6.18 Å². The molecule has 11 heteroatoms. The van der Waals surface area contributed by atoms with E-state index in [4.69, 9.17) is 17.0 Å². The Morgan fingerprint density at radius 1 is 1.39 bits per heavy atom. The molecule has 1 rings (SSSR count). The number of anilines is 1. The lowest BCUT2D eigenvalue weighted by Crippen LogP contribution is -2.31. The molecule has 0 fully saturated rings. The summed E-state index contributed by atoms with van der Waals surface area (Å²) >= 11 is 4.96. The summed E-state index contributed by atoms with van der Waals surface area (Å²) in [6, 6.07) is 3.21. The number of halogens is 3. The number of rotatable bonds is 7. The summed E-state index contributed by atoms with van der Waals surface area (Å²) in [6.45, 7) is -0.768. The molecule has 1 aromatic carbocycles. The lowest BCUT2D eigenvalue weighted by atomic mass is 10.2. The van der Waals surface area contributed by atoms with Gasteiger partial charge in [-0.2, -0.15) is 13.2 Å². The van der Waals surface area contributed by atoms with Crippen LogP contribution in [0.5, 0.6) is 5.75 Å². The van der Waals surface area contributed by atoms with Gasteiger partial charge in [0.05, 0.1) is 23.3 Å². The zero-order chi connectivity index (χ0) is 17.5. The first-order chi connectivity index (χ1) is 10.7. The Balaban J connectivity index is 2.83. The second-order valence-electron chi connectivity index (χ2n) is 4.25. The van der Waals surface area contributed by atoms with Crippen LogP contribution in [0.4, 0.5) is 24.5 Å². The number of hydrogen-bond acceptors (Lipinski definition) is 5. The van der Waals surface area contributed by atoms with Gasteiger partial charge in [-0.05, 0) is 12.2 Å². The minimum atomic E-state index is -4.55. The van der Waals surface area contributed by atoms with Crippen LogP contribution in [0.1, 0.15) is 0 Å². The molecule has 0 saturated carbocycles. The highest BCUT2D eigenvalue weighted by atomic mass is 32.1. The number of thiocarbonyl (C=S) groups is 1. The number of non-ortho nitro benzene ring substituents is 1. The zero-order valence-electron chi connectivity index (χ0n) is 12.0. The molecule has 0 unspecified atom stereocenters. The van der Waals surface area contributed by atoms with Gasteiger partial charge < -0.3 is 20.1 Å². The third kappa shape index (κ3) is 7.61. The van der Waals surface area contributed by atoms with Crippen LogP contribution in [0, 0.1) is 10.1 Å². The molecule has 0 atom stereocenters. The monoisotopic (exact) mass is 353 g/mol. The maximum Gasteiger partial charge on any atom is 0.422 e. The molecular formula is C12H14F3N3O4S. The first kappa shape index (κ1) is 18.9. The molecule has 0 aliphatic rings. The van der Waals surface area contributed by atoms with Gasteiger partial charge in [-0.1, -0.05) is 0 Å². The molecule has 0 bridgehead atoms. The van der Waals surface area contributed by atoms with Crippen LogP contribution in [0.2, 0.25) is 0 Å². The molecule has 0 spiro atoms. The number of nitro benzene ring substituents is 1. The van der Waals surface area contributed by atoms with E-state index in [1.54, 1.807) is 0 Å². The number of alkyl halides is 3. The molecule has 0 radical (unpaired) electrons. The molecular weight excluding hydrogens is 339 g/mol. The van der Waals surface area contributed by atoms with E-state index in [0.717, 1.165) is 12.1 Å². The minimum absolute atomic E-state index is 0.131. The molecule has 7 nitrogen and oxygen atoms in total. The van der Waals surface area contributed by atoms with E-state index < -0.39 is 23.4 Å². The molecule has 0 saturated heterocycles. The van der Waals surface area contributed by atoms with E-state index in [2.05, 4.69) is 15.4 Å². The SMILES string of the molecule is COCCNC(=S)Nc1cc(OCC(F)(F)F)cc([N+](=O)[O-])c1. The lowest BCUT2D eigenvalue weighted by Gasteiger charge is -2.13. The number of nitrogens with zero attached hydrogens (tertiary/aromatic N) is 1. The number of nitrogens with one attached hydrogen (secondary N) is 2. The molecule has 0 heterocycles. The Bertz CT molecular complexity index is 569. The van der Waals surface area contributed by atoms with E-state index in [1.807, 2.05) is 0 Å². The first-order valence-corrected chi connectivity index (χ1v) is 6.65. The molecule has 23 heavy (non-hydrogen) atoms. The van der Waals surface area contributed by atoms with Gasteiger partial charge in [0, 0.05) is 25.8 Å². The van der Waals surface area contributed by atoms with E-state index in [0.29, 0.717) is 13.2 Å². The van der Waals surface area contributed by atoms with Gasteiger partial charge in [0.1, 0.15) is 5.75 Å². The van der Waals surface area contributed by atoms with Crippen molar-refractivity contribution >= 4 is 28.7 Å². The van der Waals surface area contributed by atoms with Gasteiger partial charge in [-0.3, -0.25) is 10.1 Å². The van der Waals surface area contributed by atoms with Crippen molar-refractivity contribution in [3.8, 4) is 5.75 Å². The van der Waals surface area contributed by atoms with Crippen LogP contribution in [0.25, 0.3) is 0 Å². The fourth-order valence-corrected chi connectivity index (χ4v) is 1.67. The molecule has 0 aliphatic heterocycles. The van der Waals surface area contributed by atoms with Crippen LogP contribution in [0.15, 0.2) is 18.2 Å². The Morgan fingerprint density at radius 2 is 2.09 bits per heavy atom. The van der Waals surface area contributed by atoms with Gasteiger partial charge in [0.2, 0.25) is 0 Å². The number of hydrogen-bond donors (Lipinski definition) is 2.